The maximum atomic E-state index is 4.79. The van der Waals surface area contributed by atoms with Crippen molar-refractivity contribution in [2.24, 2.45) is 0 Å². The summed E-state index contributed by atoms with van der Waals surface area (Å²) in [4.78, 5) is 12.1. The van der Waals surface area contributed by atoms with Gasteiger partial charge in [-0.2, -0.15) is 5.10 Å². The van der Waals surface area contributed by atoms with Crippen LogP contribution in [-0.2, 0) is 0 Å². The molecule has 2 aromatic rings. The molecule has 1 fully saturated rings. The molecule has 130 valence electrons. The zero-order chi connectivity index (χ0) is 17.3. The predicted octanol–water partition coefficient (Wildman–Crippen LogP) is 4.16. The zero-order valence-electron chi connectivity index (χ0n) is 15.5. The van der Waals surface area contributed by atoms with Gasteiger partial charge in [0.1, 0.15) is 5.82 Å². The van der Waals surface area contributed by atoms with Crippen molar-refractivity contribution >= 4 is 0 Å². The molecule has 1 saturated heterocycles. The molecular weight excluding hydrogens is 298 g/mol. The maximum Gasteiger partial charge on any atom is 0.126 e. The molecule has 1 atom stereocenters. The molecule has 1 aliphatic rings. The Balaban J connectivity index is 2.01. The lowest BCUT2D eigenvalue weighted by molar-refractivity contribution is 0.109. The second-order valence-corrected chi connectivity index (χ2v) is 7.32. The number of piperidine rings is 1. The Labute approximate surface area is 145 Å². The minimum atomic E-state index is 0.315. The summed E-state index contributed by atoms with van der Waals surface area (Å²) in [5, 5.41) is 4.45. The van der Waals surface area contributed by atoms with Crippen molar-refractivity contribution < 1.29 is 0 Å². The zero-order valence-corrected chi connectivity index (χ0v) is 15.5. The number of likely N-dealkylation sites (tertiary alicyclic amines) is 1. The Morgan fingerprint density at radius 3 is 2.58 bits per heavy atom. The van der Waals surface area contributed by atoms with Gasteiger partial charge < -0.3 is 0 Å². The van der Waals surface area contributed by atoms with Crippen LogP contribution in [0.3, 0.4) is 0 Å². The summed E-state index contributed by atoms with van der Waals surface area (Å²) in [5.74, 6) is 0.841. The van der Waals surface area contributed by atoms with Gasteiger partial charge >= 0.3 is 0 Å². The minimum Gasteiger partial charge on any atom is -0.292 e. The quantitative estimate of drug-likeness (QED) is 0.846. The van der Waals surface area contributed by atoms with E-state index in [9.17, 15) is 0 Å². The molecule has 1 aliphatic heterocycles. The van der Waals surface area contributed by atoms with E-state index in [2.05, 4.69) is 43.8 Å². The van der Waals surface area contributed by atoms with E-state index in [1.165, 1.54) is 19.3 Å². The molecule has 0 aliphatic carbocycles. The fourth-order valence-corrected chi connectivity index (χ4v) is 3.71. The lowest BCUT2D eigenvalue weighted by Crippen LogP contribution is -2.39. The fraction of sp³-hybridized carbons (Fsp3) is 0.632. The number of aromatic nitrogens is 4. The van der Waals surface area contributed by atoms with Gasteiger partial charge in [0.15, 0.2) is 0 Å². The molecule has 5 heteroatoms. The second-order valence-electron chi connectivity index (χ2n) is 7.32. The van der Waals surface area contributed by atoms with Gasteiger partial charge in [-0.25, -0.2) is 9.97 Å². The molecule has 0 spiro atoms. The molecule has 0 bridgehead atoms. The smallest absolute Gasteiger partial charge is 0.126 e. The molecule has 24 heavy (non-hydrogen) atoms. The van der Waals surface area contributed by atoms with Crippen LogP contribution in [0.5, 0.6) is 0 Å². The van der Waals surface area contributed by atoms with Crippen molar-refractivity contribution in [2.75, 3.05) is 6.54 Å². The molecule has 2 aromatic heterocycles. The lowest BCUT2D eigenvalue weighted by atomic mass is 9.97. The van der Waals surface area contributed by atoms with Gasteiger partial charge in [0.05, 0.1) is 23.1 Å². The third-order valence-corrected chi connectivity index (χ3v) is 4.83. The van der Waals surface area contributed by atoms with E-state index in [1.807, 2.05) is 23.9 Å². The largest absolute Gasteiger partial charge is 0.292 e. The highest BCUT2D eigenvalue weighted by Gasteiger charge is 2.27. The third-order valence-electron chi connectivity index (χ3n) is 4.83. The first kappa shape index (κ1) is 17.1. The monoisotopic (exact) mass is 327 g/mol. The van der Waals surface area contributed by atoms with E-state index in [4.69, 9.17) is 9.97 Å². The van der Waals surface area contributed by atoms with Gasteiger partial charge in [-0.05, 0) is 66.1 Å². The van der Waals surface area contributed by atoms with Crippen LogP contribution in [0.4, 0.5) is 0 Å². The molecule has 0 unspecified atom stereocenters. The van der Waals surface area contributed by atoms with E-state index in [0.717, 1.165) is 29.5 Å². The predicted molar refractivity (Wildman–Crippen MR) is 96.8 cm³/mol. The van der Waals surface area contributed by atoms with E-state index in [-0.39, 0.29) is 0 Å². The number of hydrogen-bond donors (Lipinski definition) is 0. The van der Waals surface area contributed by atoms with Gasteiger partial charge in [-0.1, -0.05) is 6.42 Å². The first-order valence-corrected chi connectivity index (χ1v) is 9.12. The SMILES string of the molecule is Cc1nc(-c2ccnn2C(C)C)cc([C@H]2CCCCN2C(C)C)n1. The van der Waals surface area contributed by atoms with Crippen LogP contribution < -0.4 is 0 Å². The van der Waals surface area contributed by atoms with E-state index in [1.54, 1.807) is 0 Å². The summed E-state index contributed by atoms with van der Waals surface area (Å²) in [5.41, 5.74) is 3.21. The summed E-state index contributed by atoms with van der Waals surface area (Å²) >= 11 is 0. The van der Waals surface area contributed by atoms with Gasteiger partial charge in [-0.15, -0.1) is 0 Å². The molecule has 0 N–H and O–H groups in total. The van der Waals surface area contributed by atoms with Crippen molar-refractivity contribution in [2.45, 2.75) is 72.0 Å². The minimum absolute atomic E-state index is 0.315. The molecule has 0 radical (unpaired) electrons. The van der Waals surface area contributed by atoms with E-state index in [0.29, 0.717) is 18.1 Å². The van der Waals surface area contributed by atoms with Crippen LogP contribution in [-0.4, -0.2) is 37.2 Å². The summed E-state index contributed by atoms with van der Waals surface area (Å²) < 4.78 is 2.03. The average Bonchev–Trinajstić information content (AvgIpc) is 3.04. The highest BCUT2D eigenvalue weighted by molar-refractivity contribution is 5.55. The molecule has 3 heterocycles. The van der Waals surface area contributed by atoms with Gasteiger partial charge in [0.25, 0.3) is 0 Å². The highest BCUT2D eigenvalue weighted by Crippen LogP contribution is 2.33. The molecule has 5 nitrogen and oxygen atoms in total. The van der Waals surface area contributed by atoms with Crippen molar-refractivity contribution in [3.05, 3.63) is 29.8 Å². The molecule has 0 saturated carbocycles. The van der Waals surface area contributed by atoms with E-state index < -0.39 is 0 Å². The van der Waals surface area contributed by atoms with Gasteiger partial charge in [0.2, 0.25) is 0 Å². The highest BCUT2D eigenvalue weighted by atomic mass is 15.3. The second kappa shape index (κ2) is 7.01. The number of nitrogens with zero attached hydrogens (tertiary/aromatic N) is 5. The van der Waals surface area contributed by atoms with Crippen molar-refractivity contribution in [3.63, 3.8) is 0 Å². The van der Waals surface area contributed by atoms with Crippen molar-refractivity contribution in [3.8, 4) is 11.4 Å². The molecule has 3 rings (SSSR count). The van der Waals surface area contributed by atoms with Crippen LogP contribution in [0, 0.1) is 6.92 Å². The lowest BCUT2D eigenvalue weighted by Gasteiger charge is -2.38. The Bertz CT molecular complexity index is 689. The molecule has 0 amide bonds. The van der Waals surface area contributed by atoms with Crippen LogP contribution in [0.1, 0.15) is 70.6 Å². The Morgan fingerprint density at radius 1 is 1.08 bits per heavy atom. The van der Waals surface area contributed by atoms with Crippen LogP contribution >= 0.6 is 0 Å². The van der Waals surface area contributed by atoms with E-state index >= 15 is 0 Å². The van der Waals surface area contributed by atoms with Crippen LogP contribution in [0.25, 0.3) is 11.4 Å². The van der Waals surface area contributed by atoms with Gasteiger partial charge in [-0.3, -0.25) is 9.58 Å². The van der Waals surface area contributed by atoms with Gasteiger partial charge in [0, 0.05) is 18.3 Å². The summed E-state index contributed by atoms with van der Waals surface area (Å²) in [7, 11) is 0. The first-order chi connectivity index (χ1) is 11.5. The summed E-state index contributed by atoms with van der Waals surface area (Å²) in [6, 6.07) is 5.47. The van der Waals surface area contributed by atoms with Crippen molar-refractivity contribution in [1.82, 2.24) is 24.6 Å². The van der Waals surface area contributed by atoms with Crippen molar-refractivity contribution in [1.29, 1.82) is 0 Å². The van der Waals surface area contributed by atoms with Crippen LogP contribution in [0.15, 0.2) is 18.3 Å². The Hall–Kier alpha value is -1.75. The standard InChI is InChI=1S/C19H29N5/c1-13(2)23-11-7-6-8-18(23)16-12-17(22-15(5)21-16)19-9-10-20-24(19)14(3)4/h9-10,12-14,18H,6-8,11H2,1-5H3/t18-/m1/s1. The average molecular weight is 327 g/mol. The van der Waals surface area contributed by atoms with Crippen LogP contribution in [0.2, 0.25) is 0 Å². The summed E-state index contributed by atoms with van der Waals surface area (Å²) in [6.45, 7) is 12.0. The Morgan fingerprint density at radius 2 is 1.88 bits per heavy atom. The third kappa shape index (κ3) is 3.36. The number of hydrogen-bond acceptors (Lipinski definition) is 4. The molecule has 0 aromatic carbocycles. The Kier molecular flexibility index (Phi) is 4.99. The maximum absolute atomic E-state index is 4.79. The number of aryl methyl sites for hydroxylation is 1. The molecular formula is C19H29N5. The normalized spacial score (nSPS) is 19.4. The topological polar surface area (TPSA) is 46.8 Å². The summed E-state index contributed by atoms with van der Waals surface area (Å²) in [6.07, 6.45) is 5.59. The first-order valence-electron chi connectivity index (χ1n) is 9.12. The number of rotatable bonds is 4. The fourth-order valence-electron chi connectivity index (χ4n) is 3.71.